The third kappa shape index (κ3) is 3.69. The quantitative estimate of drug-likeness (QED) is 0.680. The number of aryl methyl sites for hydroxylation is 2. The van der Waals surface area contributed by atoms with Gasteiger partial charge in [-0.25, -0.2) is 0 Å². The van der Waals surface area contributed by atoms with Crippen LogP contribution >= 0.6 is 11.8 Å². The monoisotopic (exact) mass is 410 g/mol. The molecule has 5 rings (SSSR count). The fraction of sp³-hybridized carbons (Fsp3) is 0.478. The Hall–Kier alpha value is -1.89. The minimum atomic E-state index is 0.818. The number of rotatable bonds is 3. The Balaban J connectivity index is 1.50. The van der Waals surface area contributed by atoms with Crippen LogP contribution in [0, 0.1) is 6.92 Å². The highest BCUT2D eigenvalue weighted by molar-refractivity contribution is 7.99. The topological polar surface area (TPSA) is 39.8 Å². The summed E-state index contributed by atoms with van der Waals surface area (Å²) in [5.74, 6) is 0. The molecule has 154 valence electrons. The van der Waals surface area contributed by atoms with E-state index < -0.39 is 0 Å². The summed E-state index contributed by atoms with van der Waals surface area (Å²) in [5.41, 5.74) is 7.97. The normalized spacial score (nSPS) is 18.8. The molecular formula is C23H30N4OS. The van der Waals surface area contributed by atoms with Crippen LogP contribution in [0.3, 0.4) is 0 Å². The van der Waals surface area contributed by atoms with Gasteiger partial charge in [0, 0.05) is 60.4 Å². The minimum absolute atomic E-state index is 0.818. The third-order valence-electron chi connectivity index (χ3n) is 6.16. The van der Waals surface area contributed by atoms with Gasteiger partial charge >= 0.3 is 0 Å². The average molecular weight is 411 g/mol. The van der Waals surface area contributed by atoms with Crippen molar-refractivity contribution in [3.8, 4) is 0 Å². The molecule has 0 radical (unpaired) electrons. The SMILES string of the molecule is CCc1cc(N2CCNCC2)cc2c1Nc1c(C)cc(N3CCOCC3)cc1S2. The first kappa shape index (κ1) is 19.1. The number of benzene rings is 2. The summed E-state index contributed by atoms with van der Waals surface area (Å²) in [5, 5.41) is 7.25. The molecular weight excluding hydrogens is 380 g/mol. The van der Waals surface area contributed by atoms with Crippen LogP contribution in [0.5, 0.6) is 0 Å². The van der Waals surface area contributed by atoms with Gasteiger partial charge in [-0.2, -0.15) is 0 Å². The zero-order valence-electron chi connectivity index (χ0n) is 17.4. The van der Waals surface area contributed by atoms with E-state index in [1.807, 2.05) is 11.8 Å². The molecule has 0 aromatic heterocycles. The van der Waals surface area contributed by atoms with Crippen LogP contribution in [-0.2, 0) is 11.2 Å². The van der Waals surface area contributed by atoms with Gasteiger partial charge in [0.15, 0.2) is 0 Å². The smallest absolute Gasteiger partial charge is 0.0642 e. The summed E-state index contributed by atoms with van der Waals surface area (Å²) < 4.78 is 5.54. The summed E-state index contributed by atoms with van der Waals surface area (Å²) in [6.07, 6.45) is 1.04. The van der Waals surface area contributed by atoms with E-state index >= 15 is 0 Å². The molecule has 2 fully saturated rings. The number of piperazine rings is 1. The second-order valence-electron chi connectivity index (χ2n) is 8.03. The summed E-state index contributed by atoms with van der Waals surface area (Å²) in [6.45, 7) is 12.4. The molecule has 29 heavy (non-hydrogen) atoms. The van der Waals surface area contributed by atoms with Crippen molar-refractivity contribution in [3.05, 3.63) is 35.4 Å². The van der Waals surface area contributed by atoms with Gasteiger partial charge in [-0.3, -0.25) is 0 Å². The summed E-state index contributed by atoms with van der Waals surface area (Å²) in [4.78, 5) is 7.64. The lowest BCUT2D eigenvalue weighted by molar-refractivity contribution is 0.122. The molecule has 0 saturated carbocycles. The Morgan fingerprint density at radius 2 is 1.55 bits per heavy atom. The van der Waals surface area contributed by atoms with E-state index in [1.54, 1.807) is 0 Å². The maximum atomic E-state index is 5.54. The summed E-state index contributed by atoms with van der Waals surface area (Å²) in [6, 6.07) is 9.46. The molecule has 0 atom stereocenters. The number of morpholine rings is 1. The summed E-state index contributed by atoms with van der Waals surface area (Å²) >= 11 is 1.92. The van der Waals surface area contributed by atoms with Crippen molar-refractivity contribution < 1.29 is 4.74 Å². The first-order chi connectivity index (χ1) is 14.2. The van der Waals surface area contributed by atoms with Crippen molar-refractivity contribution >= 4 is 34.5 Å². The molecule has 6 heteroatoms. The molecule has 0 bridgehead atoms. The average Bonchev–Trinajstić information content (AvgIpc) is 2.78. The van der Waals surface area contributed by atoms with E-state index in [-0.39, 0.29) is 0 Å². The van der Waals surface area contributed by atoms with Crippen LogP contribution in [0.4, 0.5) is 22.7 Å². The summed E-state index contributed by atoms with van der Waals surface area (Å²) in [7, 11) is 0. The Bertz CT molecular complexity index is 904. The first-order valence-electron chi connectivity index (χ1n) is 10.8. The lowest BCUT2D eigenvalue weighted by Gasteiger charge is -2.33. The fourth-order valence-electron chi connectivity index (χ4n) is 4.49. The number of nitrogens with zero attached hydrogens (tertiary/aromatic N) is 2. The van der Waals surface area contributed by atoms with Gasteiger partial charge in [0.05, 0.1) is 24.6 Å². The molecule has 0 aliphatic carbocycles. The van der Waals surface area contributed by atoms with Gasteiger partial charge in [0.1, 0.15) is 0 Å². The van der Waals surface area contributed by atoms with Crippen LogP contribution in [0.2, 0.25) is 0 Å². The molecule has 2 saturated heterocycles. The zero-order valence-corrected chi connectivity index (χ0v) is 18.2. The Morgan fingerprint density at radius 3 is 2.28 bits per heavy atom. The van der Waals surface area contributed by atoms with Gasteiger partial charge in [-0.1, -0.05) is 18.7 Å². The van der Waals surface area contributed by atoms with E-state index in [0.29, 0.717) is 0 Å². The fourth-order valence-corrected chi connectivity index (χ4v) is 5.68. The molecule has 5 nitrogen and oxygen atoms in total. The van der Waals surface area contributed by atoms with E-state index in [9.17, 15) is 0 Å². The van der Waals surface area contributed by atoms with E-state index in [1.165, 1.54) is 43.7 Å². The molecule has 0 unspecified atom stereocenters. The molecule has 2 aromatic carbocycles. The van der Waals surface area contributed by atoms with Gasteiger partial charge in [-0.05, 0) is 48.7 Å². The zero-order chi connectivity index (χ0) is 19.8. The van der Waals surface area contributed by atoms with Gasteiger partial charge < -0.3 is 25.2 Å². The van der Waals surface area contributed by atoms with Crippen LogP contribution in [0.25, 0.3) is 0 Å². The maximum absolute atomic E-state index is 5.54. The molecule has 0 amide bonds. The molecule has 3 aliphatic rings. The van der Waals surface area contributed by atoms with Crippen LogP contribution in [0.1, 0.15) is 18.1 Å². The highest BCUT2D eigenvalue weighted by Crippen LogP contribution is 2.49. The minimum Gasteiger partial charge on any atom is -0.378 e. The number of hydrogen-bond acceptors (Lipinski definition) is 6. The van der Waals surface area contributed by atoms with Crippen molar-refractivity contribution in [2.45, 2.75) is 30.1 Å². The van der Waals surface area contributed by atoms with Gasteiger partial charge in [0.25, 0.3) is 0 Å². The Labute approximate surface area is 177 Å². The van der Waals surface area contributed by atoms with Crippen molar-refractivity contribution in [2.75, 3.05) is 67.6 Å². The predicted molar refractivity (Wildman–Crippen MR) is 123 cm³/mol. The standard InChI is InChI=1S/C23H30N4OS/c1-3-17-13-19(26-6-4-24-5-7-26)15-21-23(17)25-22-16(2)12-18(14-20(22)29-21)27-8-10-28-11-9-27/h12-15,24-25H,3-11H2,1-2H3. The van der Waals surface area contributed by atoms with Crippen molar-refractivity contribution in [3.63, 3.8) is 0 Å². The molecule has 3 heterocycles. The lowest BCUT2D eigenvalue weighted by Crippen LogP contribution is -2.43. The van der Waals surface area contributed by atoms with E-state index in [2.05, 4.69) is 58.5 Å². The van der Waals surface area contributed by atoms with E-state index in [0.717, 1.165) is 58.9 Å². The molecule has 2 aromatic rings. The van der Waals surface area contributed by atoms with Crippen molar-refractivity contribution in [2.24, 2.45) is 0 Å². The highest BCUT2D eigenvalue weighted by Gasteiger charge is 2.24. The number of ether oxygens (including phenoxy) is 1. The van der Waals surface area contributed by atoms with Crippen LogP contribution < -0.4 is 20.4 Å². The van der Waals surface area contributed by atoms with Crippen LogP contribution in [-0.4, -0.2) is 52.5 Å². The molecule has 2 N–H and O–H groups in total. The third-order valence-corrected chi connectivity index (χ3v) is 7.25. The number of nitrogens with one attached hydrogen (secondary N) is 2. The van der Waals surface area contributed by atoms with E-state index in [4.69, 9.17) is 4.74 Å². The Kier molecular flexibility index (Phi) is 5.33. The first-order valence-corrected chi connectivity index (χ1v) is 11.6. The molecule has 0 spiro atoms. The molecule has 3 aliphatic heterocycles. The van der Waals surface area contributed by atoms with Crippen molar-refractivity contribution in [1.82, 2.24) is 5.32 Å². The van der Waals surface area contributed by atoms with Crippen molar-refractivity contribution in [1.29, 1.82) is 0 Å². The second kappa shape index (κ2) is 8.09. The van der Waals surface area contributed by atoms with Crippen LogP contribution in [0.15, 0.2) is 34.1 Å². The number of anilines is 4. The number of fused-ring (bicyclic) bond motifs is 2. The largest absolute Gasteiger partial charge is 0.378 e. The second-order valence-corrected chi connectivity index (χ2v) is 9.11. The lowest BCUT2D eigenvalue weighted by atomic mass is 10.1. The van der Waals surface area contributed by atoms with Gasteiger partial charge in [0.2, 0.25) is 0 Å². The predicted octanol–water partition coefficient (Wildman–Crippen LogP) is 4.01. The highest BCUT2D eigenvalue weighted by atomic mass is 32.2. The Morgan fingerprint density at radius 1 is 0.897 bits per heavy atom. The maximum Gasteiger partial charge on any atom is 0.0642 e. The number of hydrogen-bond donors (Lipinski definition) is 2. The van der Waals surface area contributed by atoms with Gasteiger partial charge in [-0.15, -0.1) is 0 Å².